The van der Waals surface area contributed by atoms with Gasteiger partial charge in [-0.1, -0.05) is 0 Å². The van der Waals surface area contributed by atoms with Gasteiger partial charge in [-0.25, -0.2) is 0 Å². The molecule has 0 bridgehead atoms. The van der Waals surface area contributed by atoms with Gasteiger partial charge in [-0.15, -0.1) is 0 Å². The Morgan fingerprint density at radius 1 is 0.700 bits per heavy atom. The molecule has 116 valence electrons. The predicted molar refractivity (Wildman–Crippen MR) is 102 cm³/mol. The second kappa shape index (κ2) is 19.0. The van der Waals surface area contributed by atoms with Gasteiger partial charge in [-0.2, -0.15) is 0 Å². The Bertz CT molecular complexity index is 269. The zero-order valence-corrected chi connectivity index (χ0v) is 16.1. The van der Waals surface area contributed by atoms with Crippen LogP contribution in [0.2, 0.25) is 0 Å². The molecule has 0 saturated heterocycles. The average molecular weight is 312 g/mol. The second-order valence-corrected chi connectivity index (χ2v) is 8.77. The van der Waals surface area contributed by atoms with Crippen LogP contribution in [0.3, 0.4) is 0 Å². The molecule has 0 radical (unpaired) electrons. The second-order valence-electron chi connectivity index (χ2n) is 5.34. The Balaban J connectivity index is 3.23. The van der Waals surface area contributed by atoms with Gasteiger partial charge in [-0.3, -0.25) is 0 Å². The molecule has 0 saturated carbocycles. The Labute approximate surface area is 131 Å². The summed E-state index contributed by atoms with van der Waals surface area (Å²) in [4.78, 5) is 0. The first kappa shape index (κ1) is 20.0. The van der Waals surface area contributed by atoms with Gasteiger partial charge < -0.3 is 0 Å². The standard InChI is InChI=1S/C18H34P2/c1-3-5-7-9-11-13-15-17-19-20-18-16-14-12-10-8-6-4-2/h19H,3-14H2,1-2,20H3. The molecule has 0 aromatic heterocycles. The molecule has 0 aliphatic carbocycles. The maximum atomic E-state index is 3.39. The van der Waals surface area contributed by atoms with Crippen molar-refractivity contribution < 1.29 is 0 Å². The normalized spacial score (nSPS) is 10.3. The number of rotatable bonds is 11. The van der Waals surface area contributed by atoms with E-state index in [9.17, 15) is 0 Å². The van der Waals surface area contributed by atoms with E-state index in [4.69, 9.17) is 0 Å². The summed E-state index contributed by atoms with van der Waals surface area (Å²) in [5.41, 5.74) is 6.73. The van der Waals surface area contributed by atoms with E-state index in [0.717, 1.165) is 21.1 Å². The third-order valence-electron chi connectivity index (χ3n) is 3.29. The molecule has 0 nitrogen and oxygen atoms in total. The van der Waals surface area contributed by atoms with Gasteiger partial charge in [0.05, 0.1) is 0 Å². The fraction of sp³-hybridized carbons (Fsp3) is 0.778. The van der Waals surface area contributed by atoms with Crippen LogP contribution in [0.25, 0.3) is 0 Å². The quantitative estimate of drug-likeness (QED) is 0.236. The molecule has 0 fully saturated rings. The Morgan fingerprint density at radius 3 is 1.85 bits per heavy atom. The van der Waals surface area contributed by atoms with Crippen molar-refractivity contribution in [3.8, 4) is 23.2 Å². The summed E-state index contributed by atoms with van der Waals surface area (Å²) in [6, 6.07) is 0. The van der Waals surface area contributed by atoms with Crippen LogP contribution in [-0.4, -0.2) is 0 Å². The fourth-order valence-electron chi connectivity index (χ4n) is 2.00. The SMILES string of the molecule is CCCCCCCC#CP[PH3]C#CCCCCCCC. The number of hydrogen-bond donors (Lipinski definition) is 0. The monoisotopic (exact) mass is 312 g/mol. The third-order valence-corrected chi connectivity index (χ3v) is 5.84. The van der Waals surface area contributed by atoms with E-state index in [2.05, 4.69) is 37.0 Å². The van der Waals surface area contributed by atoms with E-state index in [1.807, 2.05) is 0 Å². The van der Waals surface area contributed by atoms with Gasteiger partial charge >= 0.3 is 131 Å². The van der Waals surface area contributed by atoms with Gasteiger partial charge in [-0.05, 0) is 0 Å². The number of unbranched alkanes of at least 4 members (excludes halogenated alkanes) is 10. The van der Waals surface area contributed by atoms with Crippen molar-refractivity contribution in [3.05, 3.63) is 0 Å². The first-order valence-electron chi connectivity index (χ1n) is 8.58. The van der Waals surface area contributed by atoms with Crippen LogP contribution in [0.1, 0.15) is 90.9 Å². The summed E-state index contributed by atoms with van der Waals surface area (Å²) in [6.45, 7) is 4.52. The molecule has 0 aromatic rings. The Hall–Kier alpha value is -0.0200. The van der Waals surface area contributed by atoms with Crippen molar-refractivity contribution in [1.82, 2.24) is 0 Å². The molecule has 0 aromatic carbocycles. The predicted octanol–water partition coefficient (Wildman–Crippen LogP) is 6.37. The summed E-state index contributed by atoms with van der Waals surface area (Å²) in [5.74, 6) is 6.66. The molecule has 0 rings (SSSR count). The van der Waals surface area contributed by atoms with Crippen molar-refractivity contribution in [3.63, 3.8) is 0 Å². The molecular formula is C18H34P2. The fourth-order valence-corrected chi connectivity index (χ4v) is 4.01. The van der Waals surface area contributed by atoms with E-state index in [-0.39, 0.29) is 8.27 Å². The minimum atomic E-state index is -0.187. The summed E-state index contributed by atoms with van der Waals surface area (Å²) in [7, 11) is 0.674. The van der Waals surface area contributed by atoms with Gasteiger partial charge in [0, 0.05) is 0 Å². The Kier molecular flexibility index (Phi) is 19.0. The van der Waals surface area contributed by atoms with Crippen LogP contribution in [0, 0.1) is 23.2 Å². The minimum absolute atomic E-state index is 0.187. The van der Waals surface area contributed by atoms with Crippen LogP contribution in [-0.2, 0) is 0 Å². The van der Waals surface area contributed by atoms with Crippen molar-refractivity contribution in [1.29, 1.82) is 0 Å². The van der Waals surface area contributed by atoms with Crippen LogP contribution in [0.5, 0.6) is 0 Å². The molecule has 0 spiro atoms. The van der Waals surface area contributed by atoms with Crippen LogP contribution >= 0.6 is 16.5 Å². The first-order chi connectivity index (χ1) is 9.91. The van der Waals surface area contributed by atoms with Crippen molar-refractivity contribution in [2.45, 2.75) is 90.9 Å². The summed E-state index contributed by atoms with van der Waals surface area (Å²) in [6.07, 6.45) is 15.8. The molecule has 0 heterocycles. The van der Waals surface area contributed by atoms with Crippen LogP contribution in [0.4, 0.5) is 0 Å². The average Bonchev–Trinajstić information content (AvgIpc) is 2.47. The Morgan fingerprint density at radius 2 is 1.25 bits per heavy atom. The zero-order valence-electron chi connectivity index (χ0n) is 13.7. The van der Waals surface area contributed by atoms with Gasteiger partial charge in [0.1, 0.15) is 0 Å². The topological polar surface area (TPSA) is 0 Å². The van der Waals surface area contributed by atoms with E-state index < -0.39 is 0 Å². The maximum absolute atomic E-state index is 3.39. The van der Waals surface area contributed by atoms with Gasteiger partial charge in [0.25, 0.3) is 0 Å². The summed E-state index contributed by atoms with van der Waals surface area (Å²) < 4.78 is 0. The summed E-state index contributed by atoms with van der Waals surface area (Å²) >= 11 is 0. The molecule has 0 aliphatic rings. The molecule has 2 heteroatoms. The summed E-state index contributed by atoms with van der Waals surface area (Å²) in [5, 5.41) is 0. The van der Waals surface area contributed by atoms with E-state index in [1.54, 1.807) is 0 Å². The van der Waals surface area contributed by atoms with Gasteiger partial charge in [0.2, 0.25) is 0 Å². The third kappa shape index (κ3) is 18.0. The van der Waals surface area contributed by atoms with E-state index in [0.29, 0.717) is 0 Å². The van der Waals surface area contributed by atoms with E-state index in [1.165, 1.54) is 64.2 Å². The molecule has 1 atom stereocenters. The molecular weight excluding hydrogens is 278 g/mol. The van der Waals surface area contributed by atoms with Crippen molar-refractivity contribution in [2.75, 3.05) is 0 Å². The van der Waals surface area contributed by atoms with Crippen LogP contribution < -0.4 is 0 Å². The van der Waals surface area contributed by atoms with Crippen LogP contribution in [0.15, 0.2) is 0 Å². The zero-order chi connectivity index (χ0) is 14.7. The van der Waals surface area contributed by atoms with Crippen molar-refractivity contribution in [2.24, 2.45) is 0 Å². The van der Waals surface area contributed by atoms with Gasteiger partial charge in [0.15, 0.2) is 0 Å². The molecule has 1 unspecified atom stereocenters. The molecule has 20 heavy (non-hydrogen) atoms. The molecule has 0 aliphatic heterocycles. The molecule has 0 N–H and O–H groups in total. The number of hydrogen-bond acceptors (Lipinski definition) is 0. The molecule has 0 amide bonds. The van der Waals surface area contributed by atoms with Crippen molar-refractivity contribution >= 4 is 16.5 Å². The first-order valence-corrected chi connectivity index (χ1v) is 12.6. The van der Waals surface area contributed by atoms with E-state index >= 15 is 0 Å².